The second kappa shape index (κ2) is 9.02. The number of esters is 1. The van der Waals surface area contributed by atoms with E-state index in [4.69, 9.17) is 4.74 Å². The van der Waals surface area contributed by atoms with Crippen LogP contribution in [0.25, 0.3) is 5.76 Å². The molecule has 4 rings (SSSR count). The quantitative estimate of drug-likeness (QED) is 0.555. The van der Waals surface area contributed by atoms with E-state index in [0.717, 1.165) is 16.4 Å². The van der Waals surface area contributed by atoms with Crippen molar-refractivity contribution in [3.05, 3.63) is 89.6 Å². The fraction of sp³-hybridized carbons (Fsp3) is 0.130. The molecule has 0 unspecified atom stereocenters. The Morgan fingerprint density at radius 3 is 2.29 bits per heavy atom. The summed E-state index contributed by atoms with van der Waals surface area (Å²) >= 11 is 0. The Morgan fingerprint density at radius 2 is 1.65 bits per heavy atom. The van der Waals surface area contributed by atoms with Crippen LogP contribution in [0.1, 0.15) is 29.8 Å². The summed E-state index contributed by atoms with van der Waals surface area (Å²) < 4.78 is 46.7. The molecular formula is C23H19FN4O5S. The molecule has 1 aliphatic heterocycles. The highest BCUT2D eigenvalue weighted by Gasteiger charge is 2.43. The summed E-state index contributed by atoms with van der Waals surface area (Å²) in [6.07, 6.45) is 2.80. The number of benzene rings is 2. The van der Waals surface area contributed by atoms with Crippen LogP contribution in [0.3, 0.4) is 0 Å². The number of hydrogen-bond acceptors (Lipinski definition) is 7. The predicted octanol–water partition coefficient (Wildman–Crippen LogP) is 3.19. The van der Waals surface area contributed by atoms with Gasteiger partial charge in [-0.25, -0.2) is 27.6 Å². The molecule has 11 heteroatoms. The molecule has 0 saturated carbocycles. The van der Waals surface area contributed by atoms with Crippen molar-refractivity contribution >= 4 is 33.6 Å². The molecule has 1 aliphatic rings. The zero-order valence-corrected chi connectivity index (χ0v) is 18.9. The van der Waals surface area contributed by atoms with Gasteiger partial charge in [-0.3, -0.25) is 14.4 Å². The second-order valence-electron chi connectivity index (χ2n) is 7.49. The second-order valence-corrected chi connectivity index (χ2v) is 9.27. The Kier molecular flexibility index (Phi) is 6.12. The number of anilines is 1. The van der Waals surface area contributed by atoms with Gasteiger partial charge >= 0.3 is 5.97 Å². The van der Waals surface area contributed by atoms with Gasteiger partial charge in [-0.15, -0.1) is 0 Å². The number of ether oxygens (including phenoxy) is 1. The van der Waals surface area contributed by atoms with Crippen molar-refractivity contribution in [2.45, 2.75) is 24.8 Å². The Labute approximate surface area is 195 Å². The summed E-state index contributed by atoms with van der Waals surface area (Å²) in [5.41, 5.74) is -0.354. The van der Waals surface area contributed by atoms with Crippen LogP contribution in [0.4, 0.5) is 10.3 Å². The van der Waals surface area contributed by atoms with Gasteiger partial charge in [0, 0.05) is 24.0 Å². The number of sulfonamides is 1. The van der Waals surface area contributed by atoms with E-state index >= 15 is 0 Å². The molecule has 2 heterocycles. The number of carbonyl (C=O) groups is 2. The number of fused-ring (bicyclic) bond motifs is 1. The SMILES string of the molecule is CC(C)N1C(C(=O)Nc2ncccn2)=C(OC(=O)c2ccc(F)cc2)c2ccccc2S1(=O)=O. The fourth-order valence-electron chi connectivity index (χ4n) is 3.44. The van der Waals surface area contributed by atoms with Crippen LogP contribution in [-0.4, -0.2) is 40.6 Å². The van der Waals surface area contributed by atoms with Crippen molar-refractivity contribution in [1.82, 2.24) is 14.3 Å². The smallest absolute Gasteiger partial charge is 0.343 e. The van der Waals surface area contributed by atoms with E-state index in [9.17, 15) is 22.4 Å². The molecule has 2 aromatic carbocycles. The zero-order chi connectivity index (χ0) is 24.5. The highest BCUT2D eigenvalue weighted by atomic mass is 32.2. The maximum atomic E-state index is 13.5. The summed E-state index contributed by atoms with van der Waals surface area (Å²) in [4.78, 5) is 34.0. The number of carbonyl (C=O) groups excluding carboxylic acids is 2. The van der Waals surface area contributed by atoms with Crippen molar-refractivity contribution in [2.24, 2.45) is 0 Å². The lowest BCUT2D eigenvalue weighted by Gasteiger charge is -2.35. The molecule has 174 valence electrons. The van der Waals surface area contributed by atoms with E-state index in [1.54, 1.807) is 26.0 Å². The average Bonchev–Trinajstić information content (AvgIpc) is 2.81. The number of nitrogens with one attached hydrogen (secondary N) is 1. The molecule has 0 spiro atoms. The summed E-state index contributed by atoms with van der Waals surface area (Å²) in [7, 11) is -4.17. The van der Waals surface area contributed by atoms with Crippen molar-refractivity contribution < 1.29 is 27.1 Å². The molecular weight excluding hydrogens is 463 g/mol. The number of nitrogens with zero attached hydrogens (tertiary/aromatic N) is 3. The number of hydrogen-bond donors (Lipinski definition) is 1. The summed E-state index contributed by atoms with van der Waals surface area (Å²) in [5, 5.41) is 2.45. The largest absolute Gasteiger partial charge is 0.420 e. The highest BCUT2D eigenvalue weighted by molar-refractivity contribution is 7.89. The normalized spacial score (nSPS) is 14.5. The van der Waals surface area contributed by atoms with E-state index in [-0.39, 0.29) is 27.7 Å². The standard InChI is InChI=1S/C23H19FN4O5S/c1-14(2)28-19(21(29)27-23-25-12-5-13-26-23)20(17-6-3-4-7-18(17)34(28,31)32)33-22(30)15-8-10-16(24)11-9-15/h3-14H,1-2H3,(H,25,26,27,29). The molecule has 0 aliphatic carbocycles. The van der Waals surface area contributed by atoms with Gasteiger partial charge in [0.25, 0.3) is 15.9 Å². The summed E-state index contributed by atoms with van der Waals surface area (Å²) in [5.74, 6) is -2.65. The highest BCUT2D eigenvalue weighted by Crippen LogP contribution is 2.39. The first-order chi connectivity index (χ1) is 16.2. The van der Waals surface area contributed by atoms with Gasteiger partial charge in [0.05, 0.1) is 10.5 Å². The molecule has 1 aromatic heterocycles. The monoisotopic (exact) mass is 482 g/mol. The number of halogens is 1. The van der Waals surface area contributed by atoms with Crippen molar-refractivity contribution in [3.8, 4) is 0 Å². The van der Waals surface area contributed by atoms with Gasteiger partial charge in [-0.05, 0) is 56.3 Å². The molecule has 1 amide bonds. The lowest BCUT2D eigenvalue weighted by atomic mass is 10.1. The Bertz CT molecular complexity index is 1390. The molecule has 3 aromatic rings. The first-order valence-electron chi connectivity index (χ1n) is 10.1. The number of amides is 1. The molecule has 0 saturated heterocycles. The van der Waals surface area contributed by atoms with Crippen LogP contribution < -0.4 is 5.32 Å². The third-order valence-corrected chi connectivity index (χ3v) is 6.89. The van der Waals surface area contributed by atoms with Crippen LogP contribution in [0.15, 0.2) is 77.6 Å². The summed E-state index contributed by atoms with van der Waals surface area (Å²) in [6.45, 7) is 3.16. The maximum absolute atomic E-state index is 13.5. The van der Waals surface area contributed by atoms with Crippen LogP contribution >= 0.6 is 0 Å². The van der Waals surface area contributed by atoms with Gasteiger partial charge in [0.1, 0.15) is 5.82 Å². The summed E-state index contributed by atoms with van der Waals surface area (Å²) in [6, 6.07) is 11.3. The lowest BCUT2D eigenvalue weighted by molar-refractivity contribution is -0.114. The predicted molar refractivity (Wildman–Crippen MR) is 120 cm³/mol. The van der Waals surface area contributed by atoms with Crippen molar-refractivity contribution in [3.63, 3.8) is 0 Å². The van der Waals surface area contributed by atoms with Crippen LogP contribution in [0.5, 0.6) is 0 Å². The first kappa shape index (κ1) is 23.1. The number of rotatable bonds is 5. The minimum atomic E-state index is -4.17. The molecule has 0 bridgehead atoms. The van der Waals surface area contributed by atoms with E-state index in [0.29, 0.717) is 0 Å². The van der Waals surface area contributed by atoms with Crippen molar-refractivity contribution in [2.75, 3.05) is 5.32 Å². The average molecular weight is 482 g/mol. The van der Waals surface area contributed by atoms with E-state index in [2.05, 4.69) is 15.3 Å². The minimum Gasteiger partial charge on any atom is -0.420 e. The Hall–Kier alpha value is -4.12. The molecule has 34 heavy (non-hydrogen) atoms. The molecule has 0 radical (unpaired) electrons. The van der Waals surface area contributed by atoms with E-state index < -0.39 is 39.5 Å². The molecule has 9 nitrogen and oxygen atoms in total. The van der Waals surface area contributed by atoms with Gasteiger partial charge in [0.2, 0.25) is 5.95 Å². The Morgan fingerprint density at radius 1 is 1.00 bits per heavy atom. The molecule has 1 N–H and O–H groups in total. The van der Waals surface area contributed by atoms with E-state index in [1.165, 1.54) is 42.7 Å². The topological polar surface area (TPSA) is 119 Å². The number of aromatic nitrogens is 2. The lowest BCUT2D eigenvalue weighted by Crippen LogP contribution is -2.44. The Balaban J connectivity index is 1.90. The molecule has 0 atom stereocenters. The van der Waals surface area contributed by atoms with E-state index in [1.807, 2.05) is 0 Å². The van der Waals surface area contributed by atoms with Gasteiger partial charge < -0.3 is 4.74 Å². The van der Waals surface area contributed by atoms with Gasteiger partial charge in [-0.2, -0.15) is 0 Å². The third-order valence-electron chi connectivity index (χ3n) is 4.85. The van der Waals surface area contributed by atoms with Crippen molar-refractivity contribution in [1.29, 1.82) is 0 Å². The molecule has 0 fully saturated rings. The van der Waals surface area contributed by atoms with Gasteiger partial charge in [-0.1, -0.05) is 12.1 Å². The maximum Gasteiger partial charge on any atom is 0.343 e. The fourth-order valence-corrected chi connectivity index (χ4v) is 5.30. The van der Waals surface area contributed by atoms with Crippen LogP contribution in [0.2, 0.25) is 0 Å². The zero-order valence-electron chi connectivity index (χ0n) is 18.1. The first-order valence-corrected chi connectivity index (χ1v) is 11.6. The van der Waals surface area contributed by atoms with Crippen LogP contribution in [-0.2, 0) is 19.6 Å². The minimum absolute atomic E-state index is 0.0158. The third kappa shape index (κ3) is 4.25. The van der Waals surface area contributed by atoms with Gasteiger partial charge in [0.15, 0.2) is 11.5 Å². The van der Waals surface area contributed by atoms with Crippen LogP contribution in [0, 0.1) is 5.82 Å².